The molecule has 0 aliphatic carbocycles. The SMILES string of the molecule is C=C1CC[N+]2(CCC)CCCC12. The fraction of sp³-hybridized carbons (Fsp3) is 0.818. The van der Waals surface area contributed by atoms with Crippen LogP contribution in [0.15, 0.2) is 12.2 Å². The first-order valence-electron chi connectivity index (χ1n) is 5.32. The van der Waals surface area contributed by atoms with Gasteiger partial charge < -0.3 is 4.48 Å². The Hall–Kier alpha value is -0.300. The molecule has 1 heteroatoms. The molecule has 2 aliphatic rings. The lowest BCUT2D eigenvalue weighted by Gasteiger charge is -2.34. The highest BCUT2D eigenvalue weighted by Gasteiger charge is 2.46. The van der Waals surface area contributed by atoms with Gasteiger partial charge in [-0.25, -0.2) is 0 Å². The van der Waals surface area contributed by atoms with Crippen molar-refractivity contribution >= 4 is 0 Å². The molecule has 0 spiro atoms. The topological polar surface area (TPSA) is 0 Å². The third-order valence-electron chi connectivity index (χ3n) is 3.76. The van der Waals surface area contributed by atoms with Crippen molar-refractivity contribution in [1.29, 1.82) is 0 Å². The average molecular weight is 166 g/mol. The summed E-state index contributed by atoms with van der Waals surface area (Å²) >= 11 is 0. The van der Waals surface area contributed by atoms with Crippen molar-refractivity contribution in [2.75, 3.05) is 19.6 Å². The van der Waals surface area contributed by atoms with Crippen molar-refractivity contribution < 1.29 is 4.48 Å². The number of hydrogen-bond donors (Lipinski definition) is 0. The predicted octanol–water partition coefficient (Wildman–Crippen LogP) is 2.34. The molecule has 0 radical (unpaired) electrons. The number of fused-ring (bicyclic) bond motifs is 1. The van der Waals surface area contributed by atoms with E-state index in [9.17, 15) is 0 Å². The number of nitrogens with zero attached hydrogens (tertiary/aromatic N) is 1. The third-order valence-corrected chi connectivity index (χ3v) is 3.76. The quantitative estimate of drug-likeness (QED) is 0.436. The van der Waals surface area contributed by atoms with E-state index in [-0.39, 0.29) is 0 Å². The minimum Gasteiger partial charge on any atom is -0.317 e. The van der Waals surface area contributed by atoms with Crippen LogP contribution in [0, 0.1) is 0 Å². The van der Waals surface area contributed by atoms with Crippen molar-refractivity contribution in [3.8, 4) is 0 Å². The standard InChI is InChI=1S/C11H20N/c1-3-7-12-8-4-5-11(12)10(2)6-9-12/h11H,2-9H2,1H3/q+1. The summed E-state index contributed by atoms with van der Waals surface area (Å²) in [4.78, 5) is 0. The molecule has 12 heavy (non-hydrogen) atoms. The summed E-state index contributed by atoms with van der Waals surface area (Å²) in [5, 5.41) is 0. The van der Waals surface area contributed by atoms with Crippen molar-refractivity contribution in [2.45, 2.75) is 38.6 Å². The van der Waals surface area contributed by atoms with Crippen LogP contribution in [0.2, 0.25) is 0 Å². The summed E-state index contributed by atoms with van der Waals surface area (Å²) in [5.41, 5.74) is 1.54. The second kappa shape index (κ2) is 2.88. The molecule has 2 atom stereocenters. The highest BCUT2D eigenvalue weighted by atomic mass is 15.4. The number of rotatable bonds is 2. The van der Waals surface area contributed by atoms with E-state index < -0.39 is 0 Å². The van der Waals surface area contributed by atoms with E-state index in [0.29, 0.717) is 0 Å². The van der Waals surface area contributed by atoms with E-state index in [1.54, 1.807) is 5.57 Å². The summed E-state index contributed by atoms with van der Waals surface area (Å²) < 4.78 is 1.40. The Morgan fingerprint density at radius 3 is 3.08 bits per heavy atom. The van der Waals surface area contributed by atoms with Gasteiger partial charge in [0.25, 0.3) is 0 Å². The molecule has 2 fully saturated rings. The van der Waals surface area contributed by atoms with Crippen LogP contribution in [-0.2, 0) is 0 Å². The molecule has 0 bridgehead atoms. The number of hydrogen-bond acceptors (Lipinski definition) is 0. The smallest absolute Gasteiger partial charge is 0.111 e. The Morgan fingerprint density at radius 1 is 1.50 bits per heavy atom. The van der Waals surface area contributed by atoms with Crippen LogP contribution >= 0.6 is 0 Å². The van der Waals surface area contributed by atoms with Gasteiger partial charge in [-0.1, -0.05) is 13.5 Å². The maximum atomic E-state index is 4.21. The minimum atomic E-state index is 0.852. The molecule has 2 aliphatic heterocycles. The molecule has 0 aromatic heterocycles. The summed E-state index contributed by atoms with van der Waals surface area (Å²) in [6.45, 7) is 10.7. The van der Waals surface area contributed by atoms with Gasteiger partial charge in [0.05, 0.1) is 19.6 Å². The molecule has 2 unspecified atom stereocenters. The molecule has 68 valence electrons. The van der Waals surface area contributed by atoms with Crippen LogP contribution in [0.1, 0.15) is 32.6 Å². The van der Waals surface area contributed by atoms with Crippen LogP contribution in [0.4, 0.5) is 0 Å². The Morgan fingerprint density at radius 2 is 2.33 bits per heavy atom. The first-order valence-corrected chi connectivity index (χ1v) is 5.32. The van der Waals surface area contributed by atoms with Gasteiger partial charge in [-0.2, -0.15) is 0 Å². The molecule has 2 heterocycles. The van der Waals surface area contributed by atoms with Gasteiger partial charge in [-0.15, -0.1) is 0 Å². The molecule has 0 aromatic rings. The second-order valence-corrected chi connectivity index (χ2v) is 4.46. The van der Waals surface area contributed by atoms with E-state index in [1.165, 1.54) is 49.8 Å². The van der Waals surface area contributed by atoms with Gasteiger partial charge in [0.2, 0.25) is 0 Å². The third kappa shape index (κ3) is 1.03. The lowest BCUT2D eigenvalue weighted by atomic mass is 10.1. The Labute approximate surface area is 75.7 Å². The van der Waals surface area contributed by atoms with E-state index in [4.69, 9.17) is 0 Å². The van der Waals surface area contributed by atoms with Gasteiger partial charge >= 0.3 is 0 Å². The fourth-order valence-electron chi connectivity index (χ4n) is 3.25. The van der Waals surface area contributed by atoms with Crippen LogP contribution in [0.5, 0.6) is 0 Å². The summed E-state index contributed by atoms with van der Waals surface area (Å²) in [6.07, 6.45) is 5.48. The number of quaternary nitrogens is 1. The molecule has 0 aromatic carbocycles. The average Bonchev–Trinajstić information content (AvgIpc) is 2.55. The normalized spacial score (nSPS) is 40.4. The van der Waals surface area contributed by atoms with Crippen LogP contribution in [-0.4, -0.2) is 30.2 Å². The monoisotopic (exact) mass is 166 g/mol. The van der Waals surface area contributed by atoms with Crippen LogP contribution < -0.4 is 0 Å². The highest BCUT2D eigenvalue weighted by Crippen LogP contribution is 2.38. The van der Waals surface area contributed by atoms with Gasteiger partial charge in [-0.05, 0) is 12.0 Å². The zero-order chi connectivity index (χ0) is 8.60. The molecule has 1 nitrogen and oxygen atoms in total. The summed E-state index contributed by atoms with van der Waals surface area (Å²) in [5.74, 6) is 0. The molecular formula is C11H20N+. The molecule has 2 saturated heterocycles. The van der Waals surface area contributed by atoms with Crippen LogP contribution in [0.25, 0.3) is 0 Å². The Bertz CT molecular complexity index is 197. The van der Waals surface area contributed by atoms with Crippen molar-refractivity contribution in [3.63, 3.8) is 0 Å². The maximum absolute atomic E-state index is 4.21. The van der Waals surface area contributed by atoms with E-state index >= 15 is 0 Å². The fourth-order valence-corrected chi connectivity index (χ4v) is 3.25. The molecule has 2 rings (SSSR count). The van der Waals surface area contributed by atoms with Crippen molar-refractivity contribution in [2.24, 2.45) is 0 Å². The predicted molar refractivity (Wildman–Crippen MR) is 51.9 cm³/mol. The first kappa shape index (κ1) is 8.31. The summed E-state index contributed by atoms with van der Waals surface area (Å²) in [7, 11) is 0. The lowest BCUT2D eigenvalue weighted by Crippen LogP contribution is -2.48. The Balaban J connectivity index is 2.17. The van der Waals surface area contributed by atoms with Crippen LogP contribution in [0.3, 0.4) is 0 Å². The van der Waals surface area contributed by atoms with Crippen molar-refractivity contribution in [3.05, 3.63) is 12.2 Å². The summed E-state index contributed by atoms with van der Waals surface area (Å²) in [6, 6.07) is 0.852. The lowest BCUT2D eigenvalue weighted by molar-refractivity contribution is -0.924. The van der Waals surface area contributed by atoms with Gasteiger partial charge in [0, 0.05) is 19.3 Å². The largest absolute Gasteiger partial charge is 0.317 e. The minimum absolute atomic E-state index is 0.852. The second-order valence-electron chi connectivity index (χ2n) is 4.46. The first-order chi connectivity index (χ1) is 5.78. The van der Waals surface area contributed by atoms with Gasteiger partial charge in [-0.3, -0.25) is 0 Å². The van der Waals surface area contributed by atoms with Gasteiger partial charge in [0.1, 0.15) is 6.04 Å². The molecule has 0 saturated carbocycles. The van der Waals surface area contributed by atoms with Crippen molar-refractivity contribution in [1.82, 2.24) is 0 Å². The van der Waals surface area contributed by atoms with Gasteiger partial charge in [0.15, 0.2) is 0 Å². The van der Waals surface area contributed by atoms with E-state index in [2.05, 4.69) is 13.5 Å². The molecular weight excluding hydrogens is 146 g/mol. The van der Waals surface area contributed by atoms with E-state index in [1.807, 2.05) is 0 Å². The zero-order valence-corrected chi connectivity index (χ0v) is 8.18. The van der Waals surface area contributed by atoms with E-state index in [0.717, 1.165) is 6.04 Å². The Kier molecular flexibility index (Phi) is 1.99. The molecule has 0 N–H and O–H groups in total. The molecule has 0 amide bonds. The highest BCUT2D eigenvalue weighted by molar-refractivity contribution is 5.08. The maximum Gasteiger partial charge on any atom is 0.111 e. The zero-order valence-electron chi connectivity index (χ0n) is 8.18.